The van der Waals surface area contributed by atoms with Gasteiger partial charge in [0.15, 0.2) is 0 Å². The van der Waals surface area contributed by atoms with Crippen molar-refractivity contribution < 1.29 is 14.3 Å². The molecule has 1 fully saturated rings. The number of methoxy groups -OCH3 is 1. The number of hydrogen-bond donors (Lipinski definition) is 1. The number of carbonyl (C=O) groups is 2. The highest BCUT2D eigenvalue weighted by molar-refractivity contribution is 5.97. The summed E-state index contributed by atoms with van der Waals surface area (Å²) in [6.07, 6.45) is 2.29. The molecule has 0 aromatic heterocycles. The van der Waals surface area contributed by atoms with Crippen molar-refractivity contribution in [3.63, 3.8) is 0 Å². The van der Waals surface area contributed by atoms with Crippen LogP contribution in [0.2, 0.25) is 0 Å². The summed E-state index contributed by atoms with van der Waals surface area (Å²) >= 11 is 0. The zero-order valence-corrected chi connectivity index (χ0v) is 12.4. The molecule has 0 bridgehead atoms. The molecule has 2 amide bonds. The molecule has 3 unspecified atom stereocenters. The van der Waals surface area contributed by atoms with Gasteiger partial charge in [0, 0.05) is 20.3 Å². The Hall–Kier alpha value is -1.10. The summed E-state index contributed by atoms with van der Waals surface area (Å²) in [6, 6.07) is -0.701. The van der Waals surface area contributed by atoms with Crippen molar-refractivity contribution in [1.29, 1.82) is 0 Å². The van der Waals surface area contributed by atoms with Crippen molar-refractivity contribution in [2.45, 2.75) is 52.1 Å². The summed E-state index contributed by atoms with van der Waals surface area (Å²) in [7, 11) is 1.64. The molecule has 0 saturated carbocycles. The Morgan fingerprint density at radius 3 is 2.58 bits per heavy atom. The standard InChI is InChI=1S/C14H26N2O3/c1-5-10(3)12-14(18)16(8-7-9-19-4)11(6-2)13(17)15-12/h10-12H,5-9H2,1-4H3,(H,15,17). The van der Waals surface area contributed by atoms with Crippen LogP contribution >= 0.6 is 0 Å². The largest absolute Gasteiger partial charge is 0.385 e. The first kappa shape index (κ1) is 16.0. The Morgan fingerprint density at radius 1 is 1.37 bits per heavy atom. The summed E-state index contributed by atoms with van der Waals surface area (Å²) in [6.45, 7) is 7.17. The predicted octanol–water partition coefficient (Wildman–Crippen LogP) is 1.17. The van der Waals surface area contributed by atoms with Crippen LogP contribution in [0.15, 0.2) is 0 Å². The van der Waals surface area contributed by atoms with Crippen LogP contribution in [0, 0.1) is 5.92 Å². The van der Waals surface area contributed by atoms with Gasteiger partial charge < -0.3 is 15.0 Å². The lowest BCUT2D eigenvalue weighted by molar-refractivity contribution is -0.151. The number of rotatable bonds is 7. The third kappa shape index (κ3) is 3.69. The third-order valence-corrected chi connectivity index (χ3v) is 3.87. The predicted molar refractivity (Wildman–Crippen MR) is 73.7 cm³/mol. The van der Waals surface area contributed by atoms with E-state index in [0.29, 0.717) is 19.6 Å². The molecule has 0 aromatic carbocycles. The van der Waals surface area contributed by atoms with Gasteiger partial charge in [-0.2, -0.15) is 0 Å². The third-order valence-electron chi connectivity index (χ3n) is 3.87. The minimum Gasteiger partial charge on any atom is -0.385 e. The van der Waals surface area contributed by atoms with Crippen molar-refractivity contribution in [1.82, 2.24) is 10.2 Å². The molecule has 1 N–H and O–H groups in total. The van der Waals surface area contributed by atoms with Crippen molar-refractivity contribution >= 4 is 11.8 Å². The molecule has 19 heavy (non-hydrogen) atoms. The van der Waals surface area contributed by atoms with E-state index in [2.05, 4.69) is 5.32 Å². The fourth-order valence-electron chi connectivity index (χ4n) is 2.46. The summed E-state index contributed by atoms with van der Waals surface area (Å²) in [5.41, 5.74) is 0. The van der Waals surface area contributed by atoms with Gasteiger partial charge in [-0.3, -0.25) is 9.59 Å². The molecule has 5 nitrogen and oxygen atoms in total. The normalized spacial score (nSPS) is 25.4. The van der Waals surface area contributed by atoms with Crippen LogP contribution in [-0.2, 0) is 14.3 Å². The average Bonchev–Trinajstić information content (AvgIpc) is 2.41. The van der Waals surface area contributed by atoms with Crippen LogP contribution in [0.1, 0.15) is 40.0 Å². The summed E-state index contributed by atoms with van der Waals surface area (Å²) in [5, 5.41) is 2.88. The fraction of sp³-hybridized carbons (Fsp3) is 0.857. The second kappa shape index (κ2) is 7.48. The molecule has 1 aliphatic rings. The van der Waals surface area contributed by atoms with Crippen molar-refractivity contribution in [3.05, 3.63) is 0 Å². The molecule has 1 heterocycles. The number of ether oxygens (including phenoxy) is 1. The SMILES string of the molecule is CCC(C)C1NC(=O)C(CC)N(CCCOC)C1=O. The van der Waals surface area contributed by atoms with E-state index in [-0.39, 0.29) is 29.8 Å². The van der Waals surface area contributed by atoms with E-state index >= 15 is 0 Å². The first-order chi connectivity index (χ1) is 9.06. The highest BCUT2D eigenvalue weighted by atomic mass is 16.5. The van der Waals surface area contributed by atoms with Crippen LogP contribution in [0.3, 0.4) is 0 Å². The minimum atomic E-state index is -0.372. The number of nitrogens with zero attached hydrogens (tertiary/aromatic N) is 1. The van der Waals surface area contributed by atoms with E-state index in [0.717, 1.165) is 12.8 Å². The van der Waals surface area contributed by atoms with E-state index in [4.69, 9.17) is 4.74 Å². The molecule has 1 saturated heterocycles. The van der Waals surface area contributed by atoms with Crippen molar-refractivity contribution in [2.24, 2.45) is 5.92 Å². The van der Waals surface area contributed by atoms with Gasteiger partial charge in [0.2, 0.25) is 11.8 Å². The summed E-state index contributed by atoms with van der Waals surface area (Å²) < 4.78 is 5.02. The second-order valence-corrected chi connectivity index (χ2v) is 5.17. The lowest BCUT2D eigenvalue weighted by atomic mass is 9.93. The van der Waals surface area contributed by atoms with E-state index in [9.17, 15) is 9.59 Å². The number of amides is 2. The van der Waals surface area contributed by atoms with Gasteiger partial charge in [-0.05, 0) is 18.8 Å². The Kier molecular flexibility index (Phi) is 6.28. The highest BCUT2D eigenvalue weighted by Crippen LogP contribution is 2.19. The zero-order chi connectivity index (χ0) is 14.4. The van der Waals surface area contributed by atoms with Crippen molar-refractivity contribution in [2.75, 3.05) is 20.3 Å². The van der Waals surface area contributed by atoms with Gasteiger partial charge in [0.25, 0.3) is 0 Å². The lowest BCUT2D eigenvalue weighted by Gasteiger charge is -2.40. The summed E-state index contributed by atoms with van der Waals surface area (Å²) in [4.78, 5) is 26.3. The molecule has 1 aliphatic heterocycles. The van der Waals surface area contributed by atoms with E-state index < -0.39 is 0 Å². The maximum Gasteiger partial charge on any atom is 0.246 e. The van der Waals surface area contributed by atoms with E-state index in [1.54, 1.807) is 12.0 Å². The van der Waals surface area contributed by atoms with Crippen LogP contribution < -0.4 is 5.32 Å². The number of carbonyl (C=O) groups excluding carboxylic acids is 2. The van der Waals surface area contributed by atoms with Gasteiger partial charge >= 0.3 is 0 Å². The second-order valence-electron chi connectivity index (χ2n) is 5.17. The van der Waals surface area contributed by atoms with Crippen LogP contribution in [-0.4, -0.2) is 49.1 Å². The maximum absolute atomic E-state index is 12.5. The van der Waals surface area contributed by atoms with E-state index in [1.807, 2.05) is 20.8 Å². The zero-order valence-electron chi connectivity index (χ0n) is 12.4. The van der Waals surface area contributed by atoms with Gasteiger partial charge in [0.05, 0.1) is 0 Å². The smallest absolute Gasteiger partial charge is 0.246 e. The Balaban J connectivity index is 2.80. The molecule has 3 atom stereocenters. The molecular formula is C14H26N2O3. The molecule has 1 rings (SSSR count). The first-order valence-electron chi connectivity index (χ1n) is 7.16. The molecule has 0 spiro atoms. The fourth-order valence-corrected chi connectivity index (χ4v) is 2.46. The van der Waals surface area contributed by atoms with Crippen molar-refractivity contribution in [3.8, 4) is 0 Å². The van der Waals surface area contributed by atoms with Crippen LogP contribution in [0.25, 0.3) is 0 Å². The van der Waals surface area contributed by atoms with Gasteiger partial charge in [-0.25, -0.2) is 0 Å². The molecule has 0 aromatic rings. The molecule has 0 radical (unpaired) electrons. The Morgan fingerprint density at radius 2 is 2.05 bits per heavy atom. The lowest BCUT2D eigenvalue weighted by Crippen LogP contribution is -2.64. The monoisotopic (exact) mass is 270 g/mol. The van der Waals surface area contributed by atoms with Gasteiger partial charge in [0.1, 0.15) is 12.1 Å². The van der Waals surface area contributed by atoms with Gasteiger partial charge in [-0.15, -0.1) is 0 Å². The van der Waals surface area contributed by atoms with E-state index in [1.165, 1.54) is 0 Å². The topological polar surface area (TPSA) is 58.6 Å². The minimum absolute atomic E-state index is 0.0233. The van der Waals surface area contributed by atoms with Crippen LogP contribution in [0.4, 0.5) is 0 Å². The number of hydrogen-bond acceptors (Lipinski definition) is 3. The Bertz CT molecular complexity index is 320. The average molecular weight is 270 g/mol. The number of nitrogens with one attached hydrogen (secondary N) is 1. The summed E-state index contributed by atoms with van der Waals surface area (Å²) in [5.74, 6) is 0.195. The Labute approximate surface area is 115 Å². The van der Waals surface area contributed by atoms with Gasteiger partial charge in [-0.1, -0.05) is 27.2 Å². The maximum atomic E-state index is 12.5. The molecule has 0 aliphatic carbocycles. The molecular weight excluding hydrogens is 244 g/mol. The first-order valence-corrected chi connectivity index (χ1v) is 7.16. The highest BCUT2D eigenvalue weighted by Gasteiger charge is 2.40. The quantitative estimate of drug-likeness (QED) is 0.707. The molecule has 5 heteroatoms. The molecule has 110 valence electrons. The number of piperazine rings is 1. The van der Waals surface area contributed by atoms with Crippen LogP contribution in [0.5, 0.6) is 0 Å².